The van der Waals surface area contributed by atoms with Gasteiger partial charge in [0, 0.05) is 15.5 Å². The zero-order valence-electron chi connectivity index (χ0n) is 15.5. The highest BCUT2D eigenvalue weighted by Crippen LogP contribution is 2.43. The van der Waals surface area contributed by atoms with Crippen LogP contribution in [0.4, 0.5) is 11.4 Å². The van der Waals surface area contributed by atoms with E-state index in [2.05, 4.69) is 114 Å². The van der Waals surface area contributed by atoms with Crippen LogP contribution in [0.1, 0.15) is 31.9 Å². The van der Waals surface area contributed by atoms with Gasteiger partial charge in [0.1, 0.15) is 0 Å². The topological polar surface area (TPSA) is 3.24 Å². The Kier molecular flexibility index (Phi) is 4.48. The zero-order chi connectivity index (χ0) is 18.5. The standard InChI is InChI=1S/C23H22INS/c1-15-7-5-8-18-19-9-6-10-20(22(19)26-21(15)18)25(24)17-13-11-16(12-14-17)23(2,3)4/h5-14H,1-4H3. The molecule has 0 unspecified atom stereocenters. The Morgan fingerprint density at radius 3 is 2.08 bits per heavy atom. The first-order valence-corrected chi connectivity index (χ1v) is 10.6. The number of halogens is 1. The summed E-state index contributed by atoms with van der Waals surface area (Å²) in [6, 6.07) is 22.2. The van der Waals surface area contributed by atoms with Gasteiger partial charge in [0.25, 0.3) is 0 Å². The Hall–Kier alpha value is -1.59. The van der Waals surface area contributed by atoms with Gasteiger partial charge in [-0.15, -0.1) is 11.3 Å². The molecule has 1 heterocycles. The predicted octanol–water partition coefficient (Wildman–Crippen LogP) is 8.15. The molecule has 0 bridgehead atoms. The Morgan fingerprint density at radius 1 is 0.808 bits per heavy atom. The van der Waals surface area contributed by atoms with Gasteiger partial charge in [-0.2, -0.15) is 0 Å². The van der Waals surface area contributed by atoms with Crippen LogP contribution in [-0.2, 0) is 5.41 Å². The van der Waals surface area contributed by atoms with Gasteiger partial charge in [0.15, 0.2) is 0 Å². The van der Waals surface area contributed by atoms with Crippen LogP contribution in [0.2, 0.25) is 0 Å². The van der Waals surface area contributed by atoms with Gasteiger partial charge in [-0.25, -0.2) is 0 Å². The van der Waals surface area contributed by atoms with Crippen molar-refractivity contribution in [2.75, 3.05) is 3.11 Å². The third-order valence-electron chi connectivity index (χ3n) is 4.87. The van der Waals surface area contributed by atoms with Gasteiger partial charge in [-0.3, -0.25) is 3.11 Å². The minimum atomic E-state index is 0.178. The van der Waals surface area contributed by atoms with Crippen molar-refractivity contribution in [1.29, 1.82) is 0 Å². The first-order valence-electron chi connectivity index (χ1n) is 8.83. The second-order valence-corrected chi connectivity index (χ2v) is 9.77. The van der Waals surface area contributed by atoms with Gasteiger partial charge in [0.05, 0.1) is 38.9 Å². The van der Waals surface area contributed by atoms with Gasteiger partial charge in [-0.05, 0) is 41.7 Å². The molecule has 0 saturated carbocycles. The molecule has 1 nitrogen and oxygen atoms in total. The van der Waals surface area contributed by atoms with Crippen LogP contribution in [0.3, 0.4) is 0 Å². The van der Waals surface area contributed by atoms with E-state index in [9.17, 15) is 0 Å². The summed E-state index contributed by atoms with van der Waals surface area (Å²) in [5.74, 6) is 0. The SMILES string of the molecule is Cc1cccc2c1sc1c(N(I)c3ccc(C(C)(C)C)cc3)cccc12. The van der Waals surface area contributed by atoms with E-state index in [1.165, 1.54) is 42.7 Å². The van der Waals surface area contributed by atoms with Gasteiger partial charge < -0.3 is 0 Å². The fourth-order valence-electron chi connectivity index (χ4n) is 3.33. The molecular weight excluding hydrogens is 449 g/mol. The quantitative estimate of drug-likeness (QED) is 0.211. The number of benzene rings is 3. The van der Waals surface area contributed by atoms with Crippen LogP contribution >= 0.6 is 34.2 Å². The van der Waals surface area contributed by atoms with E-state index >= 15 is 0 Å². The lowest BCUT2D eigenvalue weighted by molar-refractivity contribution is 0.590. The van der Waals surface area contributed by atoms with Crippen LogP contribution in [-0.4, -0.2) is 0 Å². The molecule has 0 spiro atoms. The summed E-state index contributed by atoms with van der Waals surface area (Å²) in [5.41, 5.74) is 5.36. The number of thiophene rings is 1. The largest absolute Gasteiger partial charge is 0.282 e. The Balaban J connectivity index is 1.83. The summed E-state index contributed by atoms with van der Waals surface area (Å²) in [4.78, 5) is 0. The molecule has 0 aliphatic heterocycles. The van der Waals surface area contributed by atoms with E-state index in [1.807, 2.05) is 11.3 Å². The van der Waals surface area contributed by atoms with Gasteiger partial charge in [0.2, 0.25) is 0 Å². The molecule has 3 aromatic carbocycles. The van der Waals surface area contributed by atoms with E-state index in [-0.39, 0.29) is 5.41 Å². The number of aryl methyl sites for hydroxylation is 1. The summed E-state index contributed by atoms with van der Waals surface area (Å²) in [5, 5.41) is 2.71. The number of rotatable bonds is 2. The normalized spacial score (nSPS) is 12.0. The molecule has 3 heteroatoms. The van der Waals surface area contributed by atoms with Crippen molar-refractivity contribution < 1.29 is 0 Å². The highest BCUT2D eigenvalue weighted by Gasteiger charge is 2.17. The fraction of sp³-hybridized carbons (Fsp3) is 0.217. The molecule has 4 aromatic rings. The zero-order valence-corrected chi connectivity index (χ0v) is 18.5. The maximum atomic E-state index is 2.43. The summed E-state index contributed by atoms with van der Waals surface area (Å²) in [6.07, 6.45) is 0. The first-order chi connectivity index (χ1) is 12.4. The molecule has 0 N–H and O–H groups in total. The van der Waals surface area contributed by atoms with Crippen LogP contribution in [0.5, 0.6) is 0 Å². The lowest BCUT2D eigenvalue weighted by atomic mass is 9.87. The monoisotopic (exact) mass is 471 g/mol. The second kappa shape index (κ2) is 6.54. The van der Waals surface area contributed by atoms with Crippen LogP contribution < -0.4 is 3.11 Å². The Labute approximate surface area is 173 Å². The molecule has 0 saturated heterocycles. The highest BCUT2D eigenvalue weighted by atomic mass is 127. The average molecular weight is 471 g/mol. The molecular formula is C23H22INS. The van der Waals surface area contributed by atoms with Gasteiger partial charge >= 0.3 is 0 Å². The molecule has 26 heavy (non-hydrogen) atoms. The number of anilines is 2. The van der Waals surface area contributed by atoms with Crippen molar-refractivity contribution in [3.63, 3.8) is 0 Å². The third kappa shape index (κ3) is 3.01. The van der Waals surface area contributed by atoms with E-state index in [1.54, 1.807) is 0 Å². The Morgan fingerprint density at radius 2 is 1.42 bits per heavy atom. The lowest BCUT2D eigenvalue weighted by Crippen LogP contribution is -2.11. The molecule has 0 radical (unpaired) electrons. The lowest BCUT2D eigenvalue weighted by Gasteiger charge is -2.22. The molecule has 0 aliphatic carbocycles. The van der Waals surface area contributed by atoms with Crippen LogP contribution in [0, 0.1) is 6.92 Å². The van der Waals surface area contributed by atoms with E-state index < -0.39 is 0 Å². The Bertz CT molecular complexity index is 1090. The number of nitrogens with zero attached hydrogens (tertiary/aromatic N) is 1. The van der Waals surface area contributed by atoms with E-state index in [0.29, 0.717) is 0 Å². The average Bonchev–Trinajstić information content (AvgIpc) is 3.01. The number of hydrogen-bond acceptors (Lipinski definition) is 2. The predicted molar refractivity (Wildman–Crippen MR) is 125 cm³/mol. The summed E-state index contributed by atoms with van der Waals surface area (Å²) in [7, 11) is 0. The molecule has 1 aromatic heterocycles. The van der Waals surface area contributed by atoms with Gasteiger partial charge in [-0.1, -0.05) is 63.2 Å². The first kappa shape index (κ1) is 17.8. The fourth-order valence-corrected chi connectivity index (χ4v) is 5.49. The molecule has 4 rings (SSSR count). The third-order valence-corrected chi connectivity index (χ3v) is 7.33. The van der Waals surface area contributed by atoms with Crippen molar-refractivity contribution in [1.82, 2.24) is 0 Å². The van der Waals surface area contributed by atoms with E-state index in [0.717, 1.165) is 0 Å². The molecule has 0 atom stereocenters. The van der Waals surface area contributed by atoms with E-state index in [4.69, 9.17) is 0 Å². The molecule has 0 amide bonds. The summed E-state index contributed by atoms with van der Waals surface area (Å²) < 4.78 is 5.02. The maximum absolute atomic E-state index is 2.43. The second-order valence-electron chi connectivity index (χ2n) is 7.79. The van der Waals surface area contributed by atoms with Crippen molar-refractivity contribution >= 4 is 65.7 Å². The highest BCUT2D eigenvalue weighted by molar-refractivity contribution is 14.1. The van der Waals surface area contributed by atoms with Crippen molar-refractivity contribution in [2.45, 2.75) is 33.1 Å². The summed E-state index contributed by atoms with van der Waals surface area (Å²) >= 11 is 4.33. The van der Waals surface area contributed by atoms with Crippen molar-refractivity contribution in [3.05, 3.63) is 71.8 Å². The van der Waals surface area contributed by atoms with Crippen molar-refractivity contribution in [3.8, 4) is 0 Å². The van der Waals surface area contributed by atoms with Crippen LogP contribution in [0.15, 0.2) is 60.7 Å². The molecule has 132 valence electrons. The molecule has 0 fully saturated rings. The number of hydrogen-bond donors (Lipinski definition) is 0. The summed E-state index contributed by atoms with van der Waals surface area (Å²) in [6.45, 7) is 8.96. The molecule has 0 aliphatic rings. The number of fused-ring (bicyclic) bond motifs is 3. The smallest absolute Gasteiger partial charge is 0.0689 e. The minimum Gasteiger partial charge on any atom is -0.282 e. The maximum Gasteiger partial charge on any atom is 0.0689 e. The van der Waals surface area contributed by atoms with Crippen molar-refractivity contribution in [2.24, 2.45) is 0 Å². The minimum absolute atomic E-state index is 0.178. The van der Waals surface area contributed by atoms with Crippen LogP contribution in [0.25, 0.3) is 20.2 Å².